The lowest BCUT2D eigenvalue weighted by Gasteiger charge is -2.13. The first-order valence-electron chi connectivity index (χ1n) is 7.83. The van der Waals surface area contributed by atoms with Crippen LogP contribution in [0.25, 0.3) is 0 Å². The first-order valence-corrected chi connectivity index (χ1v) is 8.20. The Hall–Kier alpha value is -2.21. The molecule has 1 heterocycles. The number of benzene rings is 1. The van der Waals surface area contributed by atoms with E-state index in [-0.39, 0.29) is 5.91 Å². The number of aryl methyl sites for hydroxylation is 2. The molecule has 0 aliphatic heterocycles. The summed E-state index contributed by atoms with van der Waals surface area (Å²) in [7, 11) is 1.52. The highest BCUT2D eigenvalue weighted by molar-refractivity contribution is 6.32. The van der Waals surface area contributed by atoms with Crippen LogP contribution in [0, 0.1) is 6.92 Å². The molecule has 130 valence electrons. The molecule has 0 atom stereocenters. The molecule has 0 spiro atoms. The molecule has 0 aliphatic rings. The maximum Gasteiger partial charge on any atom is 0.251 e. The van der Waals surface area contributed by atoms with Crippen LogP contribution in [0.5, 0.6) is 11.5 Å². The van der Waals surface area contributed by atoms with Crippen LogP contribution in [0.3, 0.4) is 0 Å². The number of carbonyl (C=O) groups excluding carboxylic acids is 1. The SMILES string of the molecule is CCOc1c(Cl)cc(C(=O)NCCCn2ccnc2C)cc1OC. The first-order chi connectivity index (χ1) is 11.6. The van der Waals surface area contributed by atoms with E-state index in [1.807, 2.05) is 24.6 Å². The fraction of sp³-hybridized carbons (Fsp3) is 0.412. The zero-order valence-electron chi connectivity index (χ0n) is 14.1. The Kier molecular flexibility index (Phi) is 6.49. The van der Waals surface area contributed by atoms with Gasteiger partial charge in [0.15, 0.2) is 11.5 Å². The molecule has 7 heteroatoms. The lowest BCUT2D eigenvalue weighted by Crippen LogP contribution is -2.25. The molecule has 0 radical (unpaired) electrons. The molecule has 1 aromatic carbocycles. The van der Waals surface area contributed by atoms with E-state index in [4.69, 9.17) is 21.1 Å². The number of ether oxygens (including phenoxy) is 2. The smallest absolute Gasteiger partial charge is 0.251 e. The van der Waals surface area contributed by atoms with Crippen LogP contribution in [0.15, 0.2) is 24.5 Å². The summed E-state index contributed by atoms with van der Waals surface area (Å²) in [5, 5.41) is 3.24. The van der Waals surface area contributed by atoms with Crippen molar-refractivity contribution in [1.29, 1.82) is 0 Å². The number of halogens is 1. The largest absolute Gasteiger partial charge is 0.493 e. The zero-order valence-corrected chi connectivity index (χ0v) is 14.9. The number of amides is 1. The number of hydrogen-bond acceptors (Lipinski definition) is 4. The van der Waals surface area contributed by atoms with Gasteiger partial charge in [-0.2, -0.15) is 0 Å². The summed E-state index contributed by atoms with van der Waals surface area (Å²) >= 11 is 6.19. The van der Waals surface area contributed by atoms with Crippen LogP contribution in [-0.4, -0.2) is 35.7 Å². The van der Waals surface area contributed by atoms with E-state index in [1.165, 1.54) is 7.11 Å². The van der Waals surface area contributed by atoms with Gasteiger partial charge in [-0.1, -0.05) is 11.6 Å². The van der Waals surface area contributed by atoms with Gasteiger partial charge in [0.05, 0.1) is 18.7 Å². The summed E-state index contributed by atoms with van der Waals surface area (Å²) in [6.45, 7) is 5.64. The third kappa shape index (κ3) is 4.41. The van der Waals surface area contributed by atoms with Gasteiger partial charge in [-0.05, 0) is 32.4 Å². The Morgan fingerprint density at radius 1 is 1.42 bits per heavy atom. The molecule has 2 rings (SSSR count). The summed E-state index contributed by atoms with van der Waals surface area (Å²) in [6.07, 6.45) is 4.50. The molecule has 24 heavy (non-hydrogen) atoms. The van der Waals surface area contributed by atoms with Crippen molar-refractivity contribution in [3.63, 3.8) is 0 Å². The lowest BCUT2D eigenvalue weighted by atomic mass is 10.2. The molecule has 0 saturated carbocycles. The molecule has 6 nitrogen and oxygen atoms in total. The maximum absolute atomic E-state index is 12.3. The average Bonchev–Trinajstić information content (AvgIpc) is 2.98. The van der Waals surface area contributed by atoms with E-state index < -0.39 is 0 Å². The molecule has 0 unspecified atom stereocenters. The average molecular weight is 352 g/mol. The van der Waals surface area contributed by atoms with Crippen molar-refractivity contribution < 1.29 is 14.3 Å². The number of nitrogens with one attached hydrogen (secondary N) is 1. The van der Waals surface area contributed by atoms with Crippen LogP contribution in [-0.2, 0) is 6.54 Å². The Morgan fingerprint density at radius 3 is 2.83 bits per heavy atom. The van der Waals surface area contributed by atoms with Crippen molar-refractivity contribution in [2.24, 2.45) is 0 Å². The highest BCUT2D eigenvalue weighted by Gasteiger charge is 2.15. The molecule has 0 fully saturated rings. The van der Waals surface area contributed by atoms with Crippen molar-refractivity contribution in [1.82, 2.24) is 14.9 Å². The number of methoxy groups -OCH3 is 1. The van der Waals surface area contributed by atoms with Gasteiger partial charge < -0.3 is 19.4 Å². The minimum Gasteiger partial charge on any atom is -0.493 e. The Labute approximate surface area is 146 Å². The normalized spacial score (nSPS) is 10.5. The third-order valence-corrected chi connectivity index (χ3v) is 3.85. The van der Waals surface area contributed by atoms with Gasteiger partial charge in [0.2, 0.25) is 0 Å². The summed E-state index contributed by atoms with van der Waals surface area (Å²) in [5.74, 6) is 1.67. The molecule has 1 aromatic heterocycles. The fourth-order valence-electron chi connectivity index (χ4n) is 2.33. The number of rotatable bonds is 8. The van der Waals surface area contributed by atoms with E-state index in [1.54, 1.807) is 18.3 Å². The Bertz CT molecular complexity index is 700. The predicted octanol–water partition coefficient (Wildman–Crippen LogP) is 3.07. The second kappa shape index (κ2) is 8.59. The van der Waals surface area contributed by atoms with Gasteiger partial charge in [0.1, 0.15) is 5.82 Å². The van der Waals surface area contributed by atoms with E-state index in [9.17, 15) is 4.79 Å². The highest BCUT2D eigenvalue weighted by Crippen LogP contribution is 2.36. The van der Waals surface area contributed by atoms with Crippen LogP contribution in [0.2, 0.25) is 5.02 Å². The maximum atomic E-state index is 12.3. The van der Waals surface area contributed by atoms with Crippen LogP contribution in [0.4, 0.5) is 0 Å². The molecule has 2 aromatic rings. The summed E-state index contributed by atoms with van der Waals surface area (Å²) < 4.78 is 12.7. The molecular weight excluding hydrogens is 330 g/mol. The predicted molar refractivity (Wildman–Crippen MR) is 93.1 cm³/mol. The fourth-order valence-corrected chi connectivity index (χ4v) is 2.59. The second-order valence-electron chi connectivity index (χ2n) is 5.20. The van der Waals surface area contributed by atoms with Gasteiger partial charge in [-0.25, -0.2) is 4.98 Å². The van der Waals surface area contributed by atoms with E-state index in [0.717, 1.165) is 18.8 Å². The Balaban J connectivity index is 1.94. The van der Waals surface area contributed by atoms with Gasteiger partial charge in [-0.15, -0.1) is 0 Å². The molecule has 1 N–H and O–H groups in total. The van der Waals surface area contributed by atoms with Crippen LogP contribution in [0.1, 0.15) is 29.5 Å². The standard InChI is InChI=1S/C17H22ClN3O3/c1-4-24-16-14(18)10-13(11-15(16)23-3)17(22)20-6-5-8-21-9-7-19-12(21)2/h7,9-11H,4-6,8H2,1-3H3,(H,20,22). The summed E-state index contributed by atoms with van der Waals surface area (Å²) in [4.78, 5) is 16.4. The number of hydrogen-bond donors (Lipinski definition) is 1. The topological polar surface area (TPSA) is 65.4 Å². The van der Waals surface area contributed by atoms with Crippen LogP contribution >= 0.6 is 11.6 Å². The summed E-state index contributed by atoms with van der Waals surface area (Å²) in [6, 6.07) is 3.22. The molecular formula is C17H22ClN3O3. The molecule has 0 saturated heterocycles. The minimum atomic E-state index is -0.194. The lowest BCUT2D eigenvalue weighted by molar-refractivity contribution is 0.0952. The molecule has 0 bridgehead atoms. The van der Waals surface area contributed by atoms with Gasteiger partial charge in [-0.3, -0.25) is 4.79 Å². The number of imidazole rings is 1. The molecule has 0 aliphatic carbocycles. The minimum absolute atomic E-state index is 0.194. The van der Waals surface area contributed by atoms with Crippen molar-refractivity contribution >= 4 is 17.5 Å². The second-order valence-corrected chi connectivity index (χ2v) is 5.61. The number of nitrogens with zero attached hydrogens (tertiary/aromatic N) is 2. The van der Waals surface area contributed by atoms with Crippen molar-refractivity contribution in [2.75, 3.05) is 20.3 Å². The van der Waals surface area contributed by atoms with Gasteiger partial charge in [0.25, 0.3) is 5.91 Å². The van der Waals surface area contributed by atoms with Crippen molar-refractivity contribution in [3.05, 3.63) is 40.9 Å². The zero-order chi connectivity index (χ0) is 17.5. The van der Waals surface area contributed by atoms with Crippen LogP contribution < -0.4 is 14.8 Å². The number of carbonyl (C=O) groups is 1. The van der Waals surface area contributed by atoms with E-state index >= 15 is 0 Å². The number of aromatic nitrogens is 2. The summed E-state index contributed by atoms with van der Waals surface area (Å²) in [5.41, 5.74) is 0.444. The van der Waals surface area contributed by atoms with Gasteiger partial charge in [0, 0.05) is 31.0 Å². The molecule has 1 amide bonds. The van der Waals surface area contributed by atoms with E-state index in [2.05, 4.69) is 10.3 Å². The monoisotopic (exact) mass is 351 g/mol. The van der Waals surface area contributed by atoms with Crippen molar-refractivity contribution in [2.45, 2.75) is 26.8 Å². The highest BCUT2D eigenvalue weighted by atomic mass is 35.5. The quantitative estimate of drug-likeness (QED) is 0.742. The van der Waals surface area contributed by atoms with Gasteiger partial charge >= 0.3 is 0 Å². The van der Waals surface area contributed by atoms with E-state index in [0.29, 0.717) is 35.2 Å². The van der Waals surface area contributed by atoms with Crippen molar-refractivity contribution in [3.8, 4) is 11.5 Å². The third-order valence-electron chi connectivity index (χ3n) is 3.57. The Morgan fingerprint density at radius 2 is 2.21 bits per heavy atom. The first kappa shape index (κ1) is 18.1.